The van der Waals surface area contributed by atoms with Crippen LogP contribution in [0.2, 0.25) is 0 Å². The van der Waals surface area contributed by atoms with E-state index in [-0.39, 0.29) is 24.3 Å². The Labute approximate surface area is 248 Å². The first-order valence-electron chi connectivity index (χ1n) is 11.9. The Morgan fingerprint density at radius 1 is 0.543 bits per heavy atom. The van der Waals surface area contributed by atoms with Gasteiger partial charge >= 0.3 is 12.4 Å². The number of allylic oxidation sites excluding steroid dienone is 2. The first-order chi connectivity index (χ1) is 21.5. The molecule has 0 spiro atoms. The zero-order valence-corrected chi connectivity index (χ0v) is 21.7. The molecule has 0 radical (unpaired) electrons. The molecule has 0 aromatic heterocycles. The Balaban J connectivity index is 1.94. The summed E-state index contributed by atoms with van der Waals surface area (Å²) in [5, 5.41) is 42.2. The number of fused-ring (bicyclic) bond motifs is 2. The van der Waals surface area contributed by atoms with Crippen LogP contribution in [0.15, 0.2) is 47.2 Å². The van der Waals surface area contributed by atoms with E-state index in [4.69, 9.17) is 9.47 Å². The summed E-state index contributed by atoms with van der Waals surface area (Å²) in [7, 11) is 0. The minimum atomic E-state index is -5.49. The Bertz CT molecular complexity index is 1850. The summed E-state index contributed by atoms with van der Waals surface area (Å²) in [4.78, 5) is 0. The molecule has 5 rings (SSSR count). The Morgan fingerprint density at radius 3 is 1.07 bits per heavy atom. The second-order valence-corrected chi connectivity index (χ2v) is 9.09. The highest BCUT2D eigenvalue weighted by atomic mass is 19.4. The Kier molecular flexibility index (Phi) is 7.18. The summed E-state index contributed by atoms with van der Waals surface area (Å²) in [5.41, 5.74) is -9.97. The van der Waals surface area contributed by atoms with Crippen LogP contribution in [0.1, 0.15) is 11.1 Å². The van der Waals surface area contributed by atoms with Gasteiger partial charge in [0.2, 0.25) is 11.8 Å². The van der Waals surface area contributed by atoms with Gasteiger partial charge in [0, 0.05) is 0 Å². The van der Waals surface area contributed by atoms with E-state index >= 15 is 0 Å². The third kappa shape index (κ3) is 4.88. The van der Waals surface area contributed by atoms with Crippen LogP contribution in [0.5, 0.6) is 11.5 Å². The van der Waals surface area contributed by atoms with Crippen molar-refractivity contribution < 1.29 is 53.4 Å². The Morgan fingerprint density at radius 2 is 0.826 bits per heavy atom. The highest BCUT2D eigenvalue weighted by Gasteiger charge is 2.43. The second kappa shape index (κ2) is 10.6. The predicted molar refractivity (Wildman–Crippen MR) is 132 cm³/mol. The van der Waals surface area contributed by atoms with Gasteiger partial charge in [-0.25, -0.2) is 17.6 Å². The first-order valence-corrected chi connectivity index (χ1v) is 11.9. The van der Waals surface area contributed by atoms with E-state index in [0.717, 1.165) is 0 Å². The molecule has 2 aliphatic rings. The fourth-order valence-corrected chi connectivity index (χ4v) is 4.64. The molecule has 0 aliphatic carbocycles. The molecular weight excluding hydrogens is 642 g/mol. The number of anilines is 2. The van der Waals surface area contributed by atoms with Crippen molar-refractivity contribution >= 4 is 11.4 Å². The van der Waals surface area contributed by atoms with Gasteiger partial charge in [-0.2, -0.15) is 47.4 Å². The van der Waals surface area contributed by atoms with Crippen LogP contribution in [0.3, 0.4) is 0 Å². The highest BCUT2D eigenvalue weighted by Crippen LogP contribution is 2.60. The summed E-state index contributed by atoms with van der Waals surface area (Å²) >= 11 is 0. The summed E-state index contributed by atoms with van der Waals surface area (Å²) in [6, 6.07) is 6.59. The van der Waals surface area contributed by atoms with Crippen molar-refractivity contribution in [2.24, 2.45) is 0 Å². The normalized spacial score (nSPS) is 13.1. The lowest BCUT2D eigenvalue weighted by Gasteiger charge is -2.18. The molecule has 0 atom stereocenters. The van der Waals surface area contributed by atoms with Crippen molar-refractivity contribution in [1.82, 2.24) is 0 Å². The summed E-state index contributed by atoms with van der Waals surface area (Å²) in [6.07, 6.45) is -11.0. The lowest BCUT2D eigenvalue weighted by atomic mass is 9.92. The monoisotopic (exact) mass is 648 g/mol. The topological polar surface area (TPSA) is 138 Å². The average Bonchev–Trinajstić information content (AvgIpc) is 3.55. The third-order valence-corrected chi connectivity index (χ3v) is 6.42. The van der Waals surface area contributed by atoms with Crippen molar-refractivity contribution in [2.75, 3.05) is 10.6 Å². The quantitative estimate of drug-likeness (QED) is 0.213. The van der Waals surface area contributed by atoms with Gasteiger partial charge in [0.05, 0.1) is 22.5 Å². The minimum Gasteiger partial charge on any atom is -0.436 e. The standard InChI is InChI=1S/C28H6F10N6O2/c29-13-1-9(2-14(30)19(13)27(33,34)35)17-21-24(46-25(43-21)11(5-39)6-40)18(22-23(17)45-26(44-22)12(7-41)8-42)10-3-15(31)20(16(32)4-10)28(36,37)38/h1-4,43-44H. The number of ether oxygens (including phenoxy) is 2. The maximum Gasteiger partial charge on any atom is 0.422 e. The van der Waals surface area contributed by atoms with Gasteiger partial charge < -0.3 is 20.1 Å². The highest BCUT2D eigenvalue weighted by molar-refractivity contribution is 6.05. The largest absolute Gasteiger partial charge is 0.436 e. The molecule has 46 heavy (non-hydrogen) atoms. The molecule has 2 aliphatic heterocycles. The molecule has 0 saturated heterocycles. The molecule has 3 aromatic carbocycles. The lowest BCUT2D eigenvalue weighted by molar-refractivity contribution is -0.143. The lowest BCUT2D eigenvalue weighted by Crippen LogP contribution is -2.12. The number of hydrogen-bond acceptors (Lipinski definition) is 8. The van der Waals surface area contributed by atoms with Gasteiger partial charge in [-0.15, -0.1) is 0 Å². The number of alkyl halides is 6. The SMILES string of the molecule is N#CC(C#N)=C1Nc2c(c(-c3cc(F)c(C(F)(F)F)c(F)c3)c3c(c2-c2cc(F)c(C(F)(F)F)c(F)c2)OC(=C(C#N)C#N)N3)O1. The van der Waals surface area contributed by atoms with Crippen LogP contribution in [0, 0.1) is 68.6 Å². The summed E-state index contributed by atoms with van der Waals surface area (Å²) in [5.74, 6) is -11.3. The molecule has 0 amide bonds. The summed E-state index contributed by atoms with van der Waals surface area (Å²) in [6.45, 7) is 0. The van der Waals surface area contributed by atoms with E-state index in [2.05, 4.69) is 10.6 Å². The van der Waals surface area contributed by atoms with Crippen LogP contribution in [0.4, 0.5) is 55.3 Å². The van der Waals surface area contributed by atoms with Crippen LogP contribution in [-0.2, 0) is 12.4 Å². The number of nitrogens with zero attached hydrogens (tertiary/aromatic N) is 4. The van der Waals surface area contributed by atoms with Crippen molar-refractivity contribution in [3.05, 3.63) is 81.6 Å². The number of halogens is 10. The van der Waals surface area contributed by atoms with E-state index in [0.29, 0.717) is 0 Å². The molecule has 2 heterocycles. The van der Waals surface area contributed by atoms with Crippen molar-refractivity contribution in [1.29, 1.82) is 21.0 Å². The van der Waals surface area contributed by atoms with Crippen LogP contribution < -0.4 is 20.1 Å². The molecule has 0 fully saturated rings. The van der Waals surface area contributed by atoms with E-state index in [1.807, 2.05) is 0 Å². The van der Waals surface area contributed by atoms with Crippen LogP contribution in [0.25, 0.3) is 22.3 Å². The molecule has 0 bridgehead atoms. The first kappa shape index (κ1) is 31.0. The summed E-state index contributed by atoms with van der Waals surface area (Å²) < 4.78 is 150. The molecule has 2 N–H and O–H groups in total. The third-order valence-electron chi connectivity index (χ3n) is 6.42. The zero-order chi connectivity index (χ0) is 33.9. The van der Waals surface area contributed by atoms with Gasteiger partial charge in [-0.3, -0.25) is 0 Å². The fraction of sp³-hybridized carbons (Fsp3) is 0.0714. The van der Waals surface area contributed by atoms with Gasteiger partial charge in [0.25, 0.3) is 0 Å². The zero-order valence-electron chi connectivity index (χ0n) is 21.7. The smallest absolute Gasteiger partial charge is 0.422 e. The molecule has 8 nitrogen and oxygen atoms in total. The number of rotatable bonds is 2. The molecule has 230 valence electrons. The maximum absolute atomic E-state index is 14.8. The van der Waals surface area contributed by atoms with E-state index < -0.39 is 115 Å². The fourth-order valence-electron chi connectivity index (χ4n) is 4.64. The predicted octanol–water partition coefficient (Wildman–Crippen LogP) is 7.74. The molecule has 0 unspecified atom stereocenters. The molecule has 0 saturated carbocycles. The Hall–Kier alpha value is -6.40. The molecule has 18 heteroatoms. The van der Waals surface area contributed by atoms with Gasteiger partial charge in [0.1, 0.15) is 58.7 Å². The van der Waals surface area contributed by atoms with Gasteiger partial charge in [-0.1, -0.05) is 0 Å². The minimum absolute atomic E-state index is 0.207. The molecule has 3 aromatic rings. The second-order valence-electron chi connectivity index (χ2n) is 9.09. The van der Waals surface area contributed by atoms with E-state index in [9.17, 15) is 65.0 Å². The number of nitriles is 4. The van der Waals surface area contributed by atoms with Crippen LogP contribution >= 0.6 is 0 Å². The van der Waals surface area contributed by atoms with Gasteiger partial charge in [0.15, 0.2) is 22.6 Å². The van der Waals surface area contributed by atoms with Crippen LogP contribution in [-0.4, -0.2) is 0 Å². The van der Waals surface area contributed by atoms with Crippen molar-refractivity contribution in [2.45, 2.75) is 12.4 Å². The average molecular weight is 648 g/mol. The van der Waals surface area contributed by atoms with Crippen molar-refractivity contribution in [3.8, 4) is 58.0 Å². The molecular formula is C28H6F10N6O2. The van der Waals surface area contributed by atoms with E-state index in [1.54, 1.807) is 0 Å². The van der Waals surface area contributed by atoms with Crippen molar-refractivity contribution in [3.63, 3.8) is 0 Å². The number of nitrogens with one attached hydrogen (secondary N) is 2. The van der Waals surface area contributed by atoms with E-state index in [1.165, 1.54) is 24.3 Å². The number of benzene rings is 3. The van der Waals surface area contributed by atoms with Gasteiger partial charge in [-0.05, 0) is 35.4 Å². The maximum atomic E-state index is 14.8. The number of hydrogen-bond donors (Lipinski definition) is 2.